The van der Waals surface area contributed by atoms with E-state index < -0.39 is 0 Å². The van der Waals surface area contributed by atoms with Crippen molar-refractivity contribution in [1.29, 1.82) is 0 Å². The molecule has 0 bridgehead atoms. The Morgan fingerprint density at radius 2 is 1.30 bits per heavy atom. The number of benzene rings is 1. The van der Waals surface area contributed by atoms with Crippen molar-refractivity contribution in [2.24, 2.45) is 0 Å². The Morgan fingerprint density at radius 3 is 1.78 bits per heavy atom. The summed E-state index contributed by atoms with van der Waals surface area (Å²) >= 11 is 0. The first-order valence-electron chi connectivity index (χ1n) is 8.98. The molecule has 0 radical (unpaired) electrons. The van der Waals surface area contributed by atoms with E-state index >= 15 is 0 Å². The maximum Gasteiger partial charge on any atom is 0.0233 e. The minimum absolute atomic E-state index is 1.06. The number of rotatable bonds is 3. The molecule has 0 unspecified atom stereocenters. The van der Waals surface area contributed by atoms with Gasteiger partial charge in [0.15, 0.2) is 0 Å². The van der Waals surface area contributed by atoms with Gasteiger partial charge in [-0.05, 0) is 83.8 Å². The Hall–Kier alpha value is -1.16. The summed E-state index contributed by atoms with van der Waals surface area (Å²) in [6, 6.07) is 8.82. The molecule has 0 aliphatic carbocycles. The fourth-order valence-corrected chi connectivity index (χ4v) is 3.25. The molecule has 0 N–H and O–H groups in total. The summed E-state index contributed by atoms with van der Waals surface area (Å²) in [6.45, 7) is 12.1. The van der Waals surface area contributed by atoms with Gasteiger partial charge in [0.25, 0.3) is 0 Å². The molecule has 0 atom stereocenters. The van der Waals surface area contributed by atoms with Gasteiger partial charge < -0.3 is 9.80 Å². The van der Waals surface area contributed by atoms with Crippen molar-refractivity contribution in [3.63, 3.8) is 0 Å². The Bertz CT molecular complexity index is 438. The Morgan fingerprint density at radius 1 is 0.826 bits per heavy atom. The summed E-state index contributed by atoms with van der Waals surface area (Å²) in [4.78, 5) is 7.57. The SMILES string of the molecule is C=Cc1ccc(CN2CCCN(C)CCCN(C)CCC2)cc1. The van der Waals surface area contributed by atoms with Gasteiger partial charge in [-0.1, -0.05) is 36.9 Å². The smallest absolute Gasteiger partial charge is 0.0233 e. The highest BCUT2D eigenvalue weighted by molar-refractivity contribution is 5.47. The summed E-state index contributed by atoms with van der Waals surface area (Å²) in [5.74, 6) is 0. The molecule has 1 aromatic rings. The highest BCUT2D eigenvalue weighted by Gasteiger charge is 2.10. The maximum atomic E-state index is 3.83. The van der Waals surface area contributed by atoms with Crippen LogP contribution in [0.3, 0.4) is 0 Å². The minimum atomic E-state index is 1.06. The van der Waals surface area contributed by atoms with Crippen LogP contribution in [-0.4, -0.2) is 68.1 Å². The normalized spacial score (nSPS) is 20.6. The first kappa shape index (κ1) is 18.2. The predicted octanol–water partition coefficient (Wildman–Crippen LogP) is 3.18. The van der Waals surface area contributed by atoms with Crippen LogP contribution in [0.25, 0.3) is 6.08 Å². The molecule has 0 spiro atoms. The van der Waals surface area contributed by atoms with Crippen LogP contribution in [0.5, 0.6) is 0 Å². The first-order chi connectivity index (χ1) is 11.2. The molecule has 3 heteroatoms. The van der Waals surface area contributed by atoms with E-state index in [4.69, 9.17) is 0 Å². The summed E-state index contributed by atoms with van der Waals surface area (Å²) in [7, 11) is 4.51. The number of hydrogen-bond donors (Lipinski definition) is 0. The number of nitrogens with zero attached hydrogens (tertiary/aromatic N) is 3. The largest absolute Gasteiger partial charge is 0.306 e. The quantitative estimate of drug-likeness (QED) is 0.848. The molecule has 3 nitrogen and oxygen atoms in total. The van der Waals surface area contributed by atoms with Crippen molar-refractivity contribution >= 4 is 6.08 Å². The molecule has 0 amide bonds. The molecule has 2 rings (SSSR count). The molecule has 128 valence electrons. The lowest BCUT2D eigenvalue weighted by atomic mass is 10.1. The van der Waals surface area contributed by atoms with Gasteiger partial charge in [0.1, 0.15) is 0 Å². The molecule has 0 saturated carbocycles. The predicted molar refractivity (Wildman–Crippen MR) is 101 cm³/mol. The standard InChI is InChI=1S/C20H33N3/c1-4-19-8-10-20(11-9-19)18-23-16-6-14-21(2)12-5-13-22(3)15-7-17-23/h4,8-11H,1,5-7,12-18H2,2-3H3. The molecule has 1 aromatic carbocycles. The van der Waals surface area contributed by atoms with Gasteiger partial charge in [-0.3, -0.25) is 4.90 Å². The van der Waals surface area contributed by atoms with E-state index in [0.29, 0.717) is 0 Å². The van der Waals surface area contributed by atoms with Crippen LogP contribution in [-0.2, 0) is 6.54 Å². The van der Waals surface area contributed by atoms with E-state index in [-0.39, 0.29) is 0 Å². The second-order valence-electron chi connectivity index (χ2n) is 6.89. The fraction of sp³-hybridized carbons (Fsp3) is 0.600. The Labute approximate surface area is 142 Å². The van der Waals surface area contributed by atoms with Crippen LogP contribution in [0.15, 0.2) is 30.8 Å². The third-order valence-electron chi connectivity index (χ3n) is 4.73. The number of hydrogen-bond acceptors (Lipinski definition) is 3. The van der Waals surface area contributed by atoms with E-state index in [2.05, 4.69) is 59.6 Å². The fourth-order valence-electron chi connectivity index (χ4n) is 3.25. The molecule has 1 saturated heterocycles. The topological polar surface area (TPSA) is 9.72 Å². The van der Waals surface area contributed by atoms with Gasteiger partial charge in [-0.2, -0.15) is 0 Å². The van der Waals surface area contributed by atoms with Crippen LogP contribution in [0.2, 0.25) is 0 Å². The average molecular weight is 316 g/mol. The van der Waals surface area contributed by atoms with Crippen molar-refractivity contribution in [3.05, 3.63) is 42.0 Å². The van der Waals surface area contributed by atoms with Crippen LogP contribution in [0, 0.1) is 0 Å². The molecule has 1 fully saturated rings. The molecule has 1 aliphatic rings. The second kappa shape index (κ2) is 9.86. The summed E-state index contributed by atoms with van der Waals surface area (Å²) in [5, 5.41) is 0. The van der Waals surface area contributed by atoms with Crippen molar-refractivity contribution in [1.82, 2.24) is 14.7 Å². The van der Waals surface area contributed by atoms with Crippen molar-refractivity contribution < 1.29 is 0 Å². The lowest BCUT2D eigenvalue weighted by Crippen LogP contribution is -2.34. The van der Waals surface area contributed by atoms with Gasteiger partial charge >= 0.3 is 0 Å². The van der Waals surface area contributed by atoms with E-state index in [1.807, 2.05) is 6.08 Å². The van der Waals surface area contributed by atoms with Gasteiger partial charge in [-0.25, -0.2) is 0 Å². The molecule has 23 heavy (non-hydrogen) atoms. The van der Waals surface area contributed by atoms with Gasteiger partial charge in [0.2, 0.25) is 0 Å². The zero-order chi connectivity index (χ0) is 16.5. The first-order valence-corrected chi connectivity index (χ1v) is 8.98. The van der Waals surface area contributed by atoms with Crippen molar-refractivity contribution in [2.45, 2.75) is 25.8 Å². The molecular formula is C20H33N3. The molecule has 0 aromatic heterocycles. The molecular weight excluding hydrogens is 282 g/mol. The maximum absolute atomic E-state index is 3.83. The Kier molecular flexibility index (Phi) is 7.80. The minimum Gasteiger partial charge on any atom is -0.306 e. The average Bonchev–Trinajstić information content (AvgIpc) is 2.54. The van der Waals surface area contributed by atoms with Gasteiger partial charge in [0, 0.05) is 6.54 Å². The zero-order valence-corrected chi connectivity index (χ0v) is 15.0. The van der Waals surface area contributed by atoms with Crippen LogP contribution < -0.4 is 0 Å². The van der Waals surface area contributed by atoms with E-state index in [0.717, 1.165) is 6.54 Å². The van der Waals surface area contributed by atoms with Crippen molar-refractivity contribution in [2.75, 3.05) is 53.4 Å². The van der Waals surface area contributed by atoms with Crippen LogP contribution >= 0.6 is 0 Å². The molecule has 1 heterocycles. The lowest BCUT2D eigenvalue weighted by molar-refractivity contribution is 0.204. The van der Waals surface area contributed by atoms with Crippen LogP contribution in [0.1, 0.15) is 30.4 Å². The highest BCUT2D eigenvalue weighted by Crippen LogP contribution is 2.10. The van der Waals surface area contributed by atoms with E-state index in [9.17, 15) is 0 Å². The van der Waals surface area contributed by atoms with Gasteiger partial charge in [0.05, 0.1) is 0 Å². The van der Waals surface area contributed by atoms with Crippen LogP contribution in [0.4, 0.5) is 0 Å². The highest BCUT2D eigenvalue weighted by atomic mass is 15.2. The van der Waals surface area contributed by atoms with E-state index in [1.54, 1.807) is 0 Å². The van der Waals surface area contributed by atoms with Crippen molar-refractivity contribution in [3.8, 4) is 0 Å². The Balaban J connectivity index is 1.91. The summed E-state index contributed by atoms with van der Waals surface area (Å²) in [6.07, 6.45) is 5.71. The zero-order valence-electron chi connectivity index (χ0n) is 15.0. The van der Waals surface area contributed by atoms with E-state index in [1.165, 1.54) is 69.7 Å². The monoisotopic (exact) mass is 315 g/mol. The second-order valence-corrected chi connectivity index (χ2v) is 6.89. The third kappa shape index (κ3) is 6.86. The summed E-state index contributed by atoms with van der Waals surface area (Å²) in [5.41, 5.74) is 2.61. The lowest BCUT2D eigenvalue weighted by Gasteiger charge is -2.27. The third-order valence-corrected chi connectivity index (χ3v) is 4.73. The van der Waals surface area contributed by atoms with Gasteiger partial charge in [-0.15, -0.1) is 0 Å². The summed E-state index contributed by atoms with van der Waals surface area (Å²) < 4.78 is 0. The molecule has 1 aliphatic heterocycles.